The maximum Gasteiger partial charge on any atom is 0.246 e. The van der Waals surface area contributed by atoms with E-state index < -0.39 is 0 Å². The summed E-state index contributed by atoms with van der Waals surface area (Å²) in [4.78, 5) is 11.3. The molecular weight excluding hydrogens is 192 g/mol. The Labute approximate surface area is 92.6 Å². The van der Waals surface area contributed by atoms with Gasteiger partial charge in [0.2, 0.25) is 5.91 Å². The van der Waals surface area contributed by atoms with Crippen LogP contribution < -0.4 is 11.1 Å². The lowest BCUT2D eigenvalue weighted by molar-refractivity contribution is -0.126. The van der Waals surface area contributed by atoms with E-state index in [1.165, 1.54) is 0 Å². The van der Waals surface area contributed by atoms with E-state index in [1.807, 2.05) is 6.92 Å². The predicted molar refractivity (Wildman–Crippen MR) is 61.6 cm³/mol. The van der Waals surface area contributed by atoms with E-state index in [-0.39, 0.29) is 18.6 Å². The largest absolute Gasteiger partial charge is 0.370 e. The molecule has 3 N–H and O–H groups in total. The Bertz CT molecular complexity index is 174. The monoisotopic (exact) mass is 216 g/mol. The number of ether oxygens (including phenoxy) is 1. The summed E-state index contributed by atoms with van der Waals surface area (Å²) in [6, 6.07) is 0.217. The Morgan fingerprint density at radius 2 is 2.13 bits per heavy atom. The van der Waals surface area contributed by atoms with Gasteiger partial charge in [-0.15, -0.1) is 0 Å². The number of nitrogens with two attached hydrogens (primary N) is 1. The van der Waals surface area contributed by atoms with Gasteiger partial charge in [0.25, 0.3) is 0 Å². The van der Waals surface area contributed by atoms with Gasteiger partial charge in [-0.25, -0.2) is 0 Å². The predicted octanol–water partition coefficient (Wildman–Crippen LogP) is 0.903. The molecule has 90 valence electrons. The highest BCUT2D eigenvalue weighted by molar-refractivity contribution is 5.77. The van der Waals surface area contributed by atoms with Gasteiger partial charge in [-0.05, 0) is 19.3 Å². The molecule has 0 rings (SSSR count). The smallest absolute Gasteiger partial charge is 0.246 e. The number of hydrogen-bond donors (Lipinski definition) is 2. The molecule has 0 aliphatic rings. The van der Waals surface area contributed by atoms with Crippen molar-refractivity contribution in [1.29, 1.82) is 0 Å². The molecule has 0 radical (unpaired) electrons. The number of carbonyl (C=O) groups excluding carboxylic acids is 1. The molecule has 0 spiro atoms. The highest BCUT2D eigenvalue weighted by Gasteiger charge is 2.10. The number of rotatable bonds is 8. The van der Waals surface area contributed by atoms with Gasteiger partial charge in [0.05, 0.1) is 6.61 Å². The first-order chi connectivity index (χ1) is 7.10. The molecule has 0 aromatic rings. The first-order valence-electron chi connectivity index (χ1n) is 5.67. The van der Waals surface area contributed by atoms with Gasteiger partial charge >= 0.3 is 0 Å². The van der Waals surface area contributed by atoms with E-state index in [0.717, 1.165) is 12.8 Å². The zero-order chi connectivity index (χ0) is 11.7. The van der Waals surface area contributed by atoms with E-state index in [9.17, 15) is 4.79 Å². The van der Waals surface area contributed by atoms with Crippen molar-refractivity contribution in [2.45, 2.75) is 39.7 Å². The molecule has 1 amide bonds. The highest BCUT2D eigenvalue weighted by atomic mass is 16.5. The summed E-state index contributed by atoms with van der Waals surface area (Å²) < 4.78 is 5.04. The third kappa shape index (κ3) is 8.39. The molecule has 0 aliphatic heterocycles. The van der Waals surface area contributed by atoms with Crippen molar-refractivity contribution in [3.05, 3.63) is 0 Å². The van der Waals surface area contributed by atoms with Gasteiger partial charge < -0.3 is 15.8 Å². The number of amides is 1. The van der Waals surface area contributed by atoms with Gasteiger partial charge in [0, 0.05) is 12.6 Å². The Kier molecular flexibility index (Phi) is 8.33. The van der Waals surface area contributed by atoms with Crippen LogP contribution >= 0.6 is 0 Å². The molecule has 0 saturated carbocycles. The molecule has 0 aromatic carbocycles. The normalized spacial score (nSPS) is 14.7. The van der Waals surface area contributed by atoms with Crippen LogP contribution in [0.4, 0.5) is 0 Å². The fraction of sp³-hybridized carbons (Fsp3) is 0.909. The molecule has 4 heteroatoms. The van der Waals surface area contributed by atoms with Crippen LogP contribution in [-0.2, 0) is 9.53 Å². The van der Waals surface area contributed by atoms with Crippen LogP contribution in [0.25, 0.3) is 0 Å². The summed E-state index contributed by atoms with van der Waals surface area (Å²) in [5.74, 6) is 0.588. The molecule has 2 atom stereocenters. The van der Waals surface area contributed by atoms with E-state index in [0.29, 0.717) is 19.1 Å². The lowest BCUT2D eigenvalue weighted by Crippen LogP contribution is -2.36. The maximum atomic E-state index is 11.3. The molecule has 0 aromatic heterocycles. The first-order valence-corrected chi connectivity index (χ1v) is 5.67. The van der Waals surface area contributed by atoms with Gasteiger partial charge in [-0.2, -0.15) is 0 Å². The SMILES string of the molecule is CCC(C)CC(C)NC(=O)COCCN. The van der Waals surface area contributed by atoms with Crippen LogP contribution in [-0.4, -0.2) is 31.7 Å². The van der Waals surface area contributed by atoms with Gasteiger partial charge in [0.15, 0.2) is 0 Å². The topological polar surface area (TPSA) is 64.3 Å². The summed E-state index contributed by atoms with van der Waals surface area (Å²) >= 11 is 0. The Balaban J connectivity index is 3.57. The zero-order valence-electron chi connectivity index (χ0n) is 10.1. The molecule has 0 bridgehead atoms. The van der Waals surface area contributed by atoms with Crippen LogP contribution in [0.1, 0.15) is 33.6 Å². The highest BCUT2D eigenvalue weighted by Crippen LogP contribution is 2.08. The van der Waals surface area contributed by atoms with Crippen molar-refractivity contribution < 1.29 is 9.53 Å². The van der Waals surface area contributed by atoms with Crippen molar-refractivity contribution in [2.75, 3.05) is 19.8 Å². The Morgan fingerprint density at radius 1 is 1.47 bits per heavy atom. The molecule has 0 fully saturated rings. The number of nitrogens with one attached hydrogen (secondary N) is 1. The minimum atomic E-state index is -0.0562. The van der Waals surface area contributed by atoms with Crippen LogP contribution in [0.3, 0.4) is 0 Å². The van der Waals surface area contributed by atoms with E-state index in [4.69, 9.17) is 10.5 Å². The molecular formula is C11H24N2O2. The van der Waals surface area contributed by atoms with Gasteiger partial charge in [-0.1, -0.05) is 20.3 Å². The molecule has 0 heterocycles. The van der Waals surface area contributed by atoms with Crippen molar-refractivity contribution in [3.63, 3.8) is 0 Å². The minimum Gasteiger partial charge on any atom is -0.370 e. The fourth-order valence-corrected chi connectivity index (χ4v) is 1.39. The van der Waals surface area contributed by atoms with Crippen molar-refractivity contribution in [1.82, 2.24) is 5.32 Å². The average molecular weight is 216 g/mol. The summed E-state index contributed by atoms with van der Waals surface area (Å²) in [7, 11) is 0. The van der Waals surface area contributed by atoms with Crippen LogP contribution in [0, 0.1) is 5.92 Å². The van der Waals surface area contributed by atoms with E-state index in [1.54, 1.807) is 0 Å². The van der Waals surface area contributed by atoms with Crippen LogP contribution in [0.2, 0.25) is 0 Å². The molecule has 4 nitrogen and oxygen atoms in total. The summed E-state index contributed by atoms with van der Waals surface area (Å²) in [6.07, 6.45) is 2.16. The Hall–Kier alpha value is -0.610. The second-order valence-corrected chi connectivity index (χ2v) is 4.06. The molecule has 15 heavy (non-hydrogen) atoms. The summed E-state index contributed by atoms with van der Waals surface area (Å²) in [6.45, 7) is 7.37. The van der Waals surface area contributed by atoms with E-state index in [2.05, 4.69) is 19.2 Å². The van der Waals surface area contributed by atoms with Crippen molar-refractivity contribution in [3.8, 4) is 0 Å². The van der Waals surface area contributed by atoms with Crippen molar-refractivity contribution >= 4 is 5.91 Å². The van der Waals surface area contributed by atoms with E-state index >= 15 is 0 Å². The Morgan fingerprint density at radius 3 is 2.67 bits per heavy atom. The van der Waals surface area contributed by atoms with Crippen molar-refractivity contribution in [2.24, 2.45) is 11.7 Å². The number of hydrogen-bond acceptors (Lipinski definition) is 3. The maximum absolute atomic E-state index is 11.3. The second-order valence-electron chi connectivity index (χ2n) is 4.06. The third-order valence-electron chi connectivity index (χ3n) is 2.36. The summed E-state index contributed by atoms with van der Waals surface area (Å²) in [5.41, 5.74) is 5.24. The lowest BCUT2D eigenvalue weighted by Gasteiger charge is -2.17. The fourth-order valence-electron chi connectivity index (χ4n) is 1.39. The van der Waals surface area contributed by atoms with Crippen LogP contribution in [0.15, 0.2) is 0 Å². The second kappa shape index (κ2) is 8.68. The molecule has 0 saturated heterocycles. The molecule has 0 aliphatic carbocycles. The van der Waals surface area contributed by atoms with Crippen LogP contribution in [0.5, 0.6) is 0 Å². The third-order valence-corrected chi connectivity index (χ3v) is 2.36. The first kappa shape index (κ1) is 14.4. The lowest BCUT2D eigenvalue weighted by atomic mass is 10.0. The molecule has 2 unspecified atom stereocenters. The quantitative estimate of drug-likeness (QED) is 0.593. The summed E-state index contributed by atoms with van der Waals surface area (Å²) in [5, 5.41) is 2.90. The average Bonchev–Trinajstić information content (AvgIpc) is 2.17. The number of carbonyl (C=O) groups is 1. The minimum absolute atomic E-state index is 0.0562. The zero-order valence-corrected chi connectivity index (χ0v) is 10.1. The van der Waals surface area contributed by atoms with Gasteiger partial charge in [-0.3, -0.25) is 4.79 Å². The standard InChI is InChI=1S/C11H24N2O2/c1-4-9(2)7-10(3)13-11(14)8-15-6-5-12/h9-10H,4-8,12H2,1-3H3,(H,13,14). The van der Waals surface area contributed by atoms with Gasteiger partial charge in [0.1, 0.15) is 6.61 Å².